The van der Waals surface area contributed by atoms with E-state index in [9.17, 15) is 4.79 Å². The van der Waals surface area contributed by atoms with Crippen molar-refractivity contribution in [2.45, 2.75) is 13.0 Å². The summed E-state index contributed by atoms with van der Waals surface area (Å²) in [5.74, 6) is 0.253. The number of ether oxygens (including phenoxy) is 2. The molecular weight excluding hydrogens is 270 g/mol. The molecule has 1 rings (SSSR count). The van der Waals surface area contributed by atoms with E-state index in [1.807, 2.05) is 18.0 Å². The molecule has 1 aromatic rings. The first kappa shape index (κ1) is 15.6. The number of nitrogens with zero attached hydrogens (tertiary/aromatic N) is 1. The van der Waals surface area contributed by atoms with Crippen molar-refractivity contribution in [2.24, 2.45) is 0 Å². The lowest BCUT2D eigenvalue weighted by Crippen LogP contribution is -2.21. The Morgan fingerprint density at radius 3 is 2.58 bits per heavy atom. The molecule has 0 saturated heterocycles. The van der Waals surface area contributed by atoms with Crippen LogP contribution >= 0.6 is 11.6 Å². The zero-order chi connectivity index (χ0) is 14.4. The molecule has 0 aliphatic carbocycles. The lowest BCUT2D eigenvalue weighted by molar-refractivity contribution is -0.137. The molecule has 0 saturated carbocycles. The molecule has 1 aromatic carbocycles. The standard InChI is InChI=1S/C13H18ClNO4/c1-15(7-6-11(16)17)8-9-4-5-10(18-2)13(19-3)12(9)14/h4-5H,6-8H2,1-3H3,(H,16,17). The summed E-state index contributed by atoms with van der Waals surface area (Å²) in [5, 5.41) is 9.13. The van der Waals surface area contributed by atoms with Crippen molar-refractivity contribution in [3.05, 3.63) is 22.7 Å². The van der Waals surface area contributed by atoms with Crippen molar-refractivity contribution in [1.29, 1.82) is 0 Å². The quantitative estimate of drug-likeness (QED) is 0.833. The molecule has 106 valence electrons. The van der Waals surface area contributed by atoms with E-state index < -0.39 is 5.97 Å². The first-order valence-electron chi connectivity index (χ1n) is 5.79. The number of benzene rings is 1. The Morgan fingerprint density at radius 2 is 2.05 bits per heavy atom. The predicted molar refractivity (Wildman–Crippen MR) is 73.1 cm³/mol. The summed E-state index contributed by atoms with van der Waals surface area (Å²) in [6.45, 7) is 1.01. The van der Waals surface area contributed by atoms with Crippen LogP contribution in [0, 0.1) is 0 Å². The number of hydrogen-bond acceptors (Lipinski definition) is 4. The number of aliphatic carboxylic acids is 1. The summed E-state index contributed by atoms with van der Waals surface area (Å²) in [5.41, 5.74) is 0.868. The molecule has 5 nitrogen and oxygen atoms in total. The third-order valence-electron chi connectivity index (χ3n) is 2.71. The highest BCUT2D eigenvalue weighted by Crippen LogP contribution is 2.37. The average molecular weight is 288 g/mol. The Labute approximate surface area is 117 Å². The number of carbonyl (C=O) groups is 1. The number of hydrogen-bond donors (Lipinski definition) is 1. The number of rotatable bonds is 7. The fourth-order valence-corrected chi connectivity index (χ4v) is 2.00. The first-order chi connectivity index (χ1) is 8.99. The monoisotopic (exact) mass is 287 g/mol. The van der Waals surface area contributed by atoms with E-state index in [0.29, 0.717) is 29.6 Å². The second-order valence-corrected chi connectivity index (χ2v) is 4.53. The second-order valence-electron chi connectivity index (χ2n) is 4.16. The fourth-order valence-electron chi connectivity index (χ4n) is 1.71. The van der Waals surface area contributed by atoms with Gasteiger partial charge in [0.15, 0.2) is 11.5 Å². The van der Waals surface area contributed by atoms with Crippen LogP contribution in [-0.2, 0) is 11.3 Å². The predicted octanol–water partition coefficient (Wildman–Crippen LogP) is 2.26. The Bertz CT molecular complexity index is 451. The second kappa shape index (κ2) is 7.21. The minimum absolute atomic E-state index is 0.0986. The molecule has 0 aromatic heterocycles. The molecule has 0 spiro atoms. The van der Waals surface area contributed by atoms with Crippen LogP contribution in [0.2, 0.25) is 5.02 Å². The highest BCUT2D eigenvalue weighted by atomic mass is 35.5. The topological polar surface area (TPSA) is 59.0 Å². The zero-order valence-corrected chi connectivity index (χ0v) is 12.0. The van der Waals surface area contributed by atoms with Gasteiger partial charge in [-0.15, -0.1) is 0 Å². The van der Waals surface area contributed by atoms with E-state index in [2.05, 4.69) is 0 Å². The highest BCUT2D eigenvalue weighted by molar-refractivity contribution is 6.33. The summed E-state index contributed by atoms with van der Waals surface area (Å²) in [4.78, 5) is 12.4. The van der Waals surface area contributed by atoms with E-state index in [-0.39, 0.29) is 6.42 Å². The van der Waals surface area contributed by atoms with Crippen molar-refractivity contribution in [3.8, 4) is 11.5 Å². The lowest BCUT2D eigenvalue weighted by Gasteiger charge is -2.18. The van der Waals surface area contributed by atoms with Gasteiger partial charge in [0.25, 0.3) is 0 Å². The average Bonchev–Trinajstić information content (AvgIpc) is 2.38. The molecule has 0 unspecified atom stereocenters. The zero-order valence-electron chi connectivity index (χ0n) is 11.3. The number of methoxy groups -OCH3 is 2. The summed E-state index contributed by atoms with van der Waals surface area (Å²) in [7, 11) is 4.92. The molecule has 0 fully saturated rings. The summed E-state index contributed by atoms with van der Waals surface area (Å²) < 4.78 is 10.4. The maximum absolute atomic E-state index is 10.5. The lowest BCUT2D eigenvalue weighted by atomic mass is 10.2. The van der Waals surface area contributed by atoms with Crippen LogP contribution in [0.1, 0.15) is 12.0 Å². The molecule has 6 heteroatoms. The van der Waals surface area contributed by atoms with Gasteiger partial charge in [-0.2, -0.15) is 0 Å². The molecule has 0 aliphatic heterocycles. The van der Waals surface area contributed by atoms with Crippen LogP contribution in [0.15, 0.2) is 12.1 Å². The van der Waals surface area contributed by atoms with Gasteiger partial charge in [-0.1, -0.05) is 17.7 Å². The number of carboxylic acids is 1. The maximum Gasteiger partial charge on any atom is 0.304 e. The molecular formula is C13H18ClNO4. The van der Waals surface area contributed by atoms with Crippen LogP contribution in [0.5, 0.6) is 11.5 Å². The first-order valence-corrected chi connectivity index (χ1v) is 6.17. The van der Waals surface area contributed by atoms with E-state index >= 15 is 0 Å². The Kier molecular flexibility index (Phi) is 5.92. The minimum Gasteiger partial charge on any atom is -0.493 e. The molecule has 0 aliphatic rings. The molecule has 0 amide bonds. The highest BCUT2D eigenvalue weighted by Gasteiger charge is 2.14. The molecule has 0 radical (unpaired) electrons. The van der Waals surface area contributed by atoms with Crippen molar-refractivity contribution in [3.63, 3.8) is 0 Å². The fraction of sp³-hybridized carbons (Fsp3) is 0.462. The minimum atomic E-state index is -0.815. The van der Waals surface area contributed by atoms with E-state index in [4.69, 9.17) is 26.2 Å². The van der Waals surface area contributed by atoms with Crippen LogP contribution < -0.4 is 9.47 Å². The van der Waals surface area contributed by atoms with Crippen LogP contribution in [0.4, 0.5) is 0 Å². The van der Waals surface area contributed by atoms with Gasteiger partial charge in [-0.3, -0.25) is 4.79 Å². The van der Waals surface area contributed by atoms with Crippen LogP contribution in [0.3, 0.4) is 0 Å². The Hall–Kier alpha value is -1.46. The van der Waals surface area contributed by atoms with Crippen LogP contribution in [-0.4, -0.2) is 43.8 Å². The van der Waals surface area contributed by atoms with Gasteiger partial charge in [-0.25, -0.2) is 0 Å². The number of carboxylic acid groups (broad SMARTS) is 1. The summed E-state index contributed by atoms with van der Waals surface area (Å²) in [6.07, 6.45) is 0.0986. The van der Waals surface area contributed by atoms with E-state index in [1.165, 1.54) is 7.11 Å². The smallest absolute Gasteiger partial charge is 0.304 e. The van der Waals surface area contributed by atoms with Gasteiger partial charge in [0, 0.05) is 13.1 Å². The van der Waals surface area contributed by atoms with Gasteiger partial charge < -0.3 is 19.5 Å². The van der Waals surface area contributed by atoms with Gasteiger partial charge in [0.1, 0.15) is 0 Å². The molecule has 19 heavy (non-hydrogen) atoms. The normalized spacial score (nSPS) is 10.6. The number of halogens is 1. The Morgan fingerprint density at radius 1 is 1.37 bits per heavy atom. The van der Waals surface area contributed by atoms with Crippen molar-refractivity contribution in [2.75, 3.05) is 27.8 Å². The van der Waals surface area contributed by atoms with Crippen molar-refractivity contribution in [1.82, 2.24) is 4.90 Å². The largest absolute Gasteiger partial charge is 0.493 e. The molecule has 1 N–H and O–H groups in total. The molecule has 0 atom stereocenters. The van der Waals surface area contributed by atoms with Gasteiger partial charge >= 0.3 is 5.97 Å². The van der Waals surface area contributed by atoms with E-state index in [1.54, 1.807) is 13.2 Å². The molecule has 0 bridgehead atoms. The van der Waals surface area contributed by atoms with Crippen LogP contribution in [0.25, 0.3) is 0 Å². The third kappa shape index (κ3) is 4.29. The third-order valence-corrected chi connectivity index (χ3v) is 3.13. The van der Waals surface area contributed by atoms with Gasteiger partial charge in [0.2, 0.25) is 0 Å². The van der Waals surface area contributed by atoms with Gasteiger partial charge in [-0.05, 0) is 18.7 Å². The SMILES string of the molecule is COc1ccc(CN(C)CCC(=O)O)c(Cl)c1OC. The van der Waals surface area contributed by atoms with Crippen molar-refractivity contribution >= 4 is 17.6 Å². The maximum atomic E-state index is 10.5. The summed E-state index contributed by atoms with van der Waals surface area (Å²) >= 11 is 6.25. The summed E-state index contributed by atoms with van der Waals surface area (Å²) in [6, 6.07) is 3.63. The van der Waals surface area contributed by atoms with Gasteiger partial charge in [0.05, 0.1) is 25.7 Å². The van der Waals surface area contributed by atoms with Crippen molar-refractivity contribution < 1.29 is 19.4 Å². The Balaban J connectivity index is 2.81. The van der Waals surface area contributed by atoms with E-state index in [0.717, 1.165) is 5.56 Å². The molecule has 0 heterocycles.